The molecular formula is C52H97NO5. The summed E-state index contributed by atoms with van der Waals surface area (Å²) in [5.74, 6) is -0.490. The average Bonchev–Trinajstić information content (AvgIpc) is 3.22. The maximum Gasteiger partial charge on any atom is 0.306 e. The Hall–Kier alpha value is -1.92. The molecule has 0 saturated heterocycles. The fourth-order valence-electron chi connectivity index (χ4n) is 7.68. The molecule has 6 nitrogen and oxygen atoms in total. The minimum atomic E-state index is -0.788. The molecule has 340 valence electrons. The molecule has 0 aliphatic heterocycles. The zero-order chi connectivity index (χ0) is 42.4. The van der Waals surface area contributed by atoms with Crippen molar-refractivity contribution >= 4 is 11.9 Å². The molecule has 0 aromatic carbocycles. The third-order valence-corrected chi connectivity index (χ3v) is 11.5. The summed E-state index contributed by atoms with van der Waals surface area (Å²) in [5, 5.41) is 23.7. The van der Waals surface area contributed by atoms with Crippen LogP contribution in [0, 0.1) is 0 Å². The highest BCUT2D eigenvalue weighted by molar-refractivity contribution is 5.77. The lowest BCUT2D eigenvalue weighted by molar-refractivity contribution is -0.151. The molecule has 0 radical (unpaired) electrons. The summed E-state index contributed by atoms with van der Waals surface area (Å²) in [6.45, 7) is 6.37. The summed E-state index contributed by atoms with van der Waals surface area (Å²) in [5.41, 5.74) is 0. The summed E-state index contributed by atoms with van der Waals surface area (Å²) < 4.78 is 5.92. The molecule has 3 atom stereocenters. The fraction of sp³-hybridized carbons (Fsp3) is 0.846. The number of esters is 1. The lowest BCUT2D eigenvalue weighted by Gasteiger charge is -2.24. The second-order valence-corrected chi connectivity index (χ2v) is 17.2. The Kier molecular flexibility index (Phi) is 44.6. The highest BCUT2D eigenvalue weighted by Crippen LogP contribution is 2.18. The number of carbonyl (C=O) groups excluding carboxylic acids is 2. The maximum atomic E-state index is 13.2. The van der Waals surface area contributed by atoms with Crippen LogP contribution in [0.2, 0.25) is 0 Å². The summed E-state index contributed by atoms with van der Waals surface area (Å²) >= 11 is 0. The smallest absolute Gasteiger partial charge is 0.306 e. The first-order chi connectivity index (χ1) is 28.5. The average molecular weight is 816 g/mol. The van der Waals surface area contributed by atoms with Gasteiger partial charge < -0.3 is 20.3 Å². The van der Waals surface area contributed by atoms with E-state index in [-0.39, 0.29) is 24.9 Å². The van der Waals surface area contributed by atoms with Crippen LogP contribution in [0.15, 0.2) is 36.5 Å². The Balaban J connectivity index is 4.57. The predicted octanol–water partition coefficient (Wildman–Crippen LogP) is 14.9. The molecule has 0 aliphatic carbocycles. The Morgan fingerprint density at radius 3 is 1.41 bits per heavy atom. The molecule has 0 spiro atoms. The van der Waals surface area contributed by atoms with Gasteiger partial charge >= 0.3 is 5.97 Å². The lowest BCUT2D eigenvalue weighted by atomic mass is 10.0. The van der Waals surface area contributed by atoms with Gasteiger partial charge in [0.05, 0.1) is 25.2 Å². The molecule has 0 aromatic heterocycles. The van der Waals surface area contributed by atoms with Gasteiger partial charge in [0.1, 0.15) is 6.10 Å². The van der Waals surface area contributed by atoms with Gasteiger partial charge in [0.25, 0.3) is 0 Å². The normalized spacial score (nSPS) is 13.5. The van der Waals surface area contributed by atoms with Gasteiger partial charge in [-0.25, -0.2) is 0 Å². The van der Waals surface area contributed by atoms with Gasteiger partial charge in [0.15, 0.2) is 0 Å². The minimum absolute atomic E-state index is 0.0721. The van der Waals surface area contributed by atoms with Gasteiger partial charge in [0, 0.05) is 6.42 Å². The van der Waals surface area contributed by atoms with Crippen LogP contribution in [0.3, 0.4) is 0 Å². The molecule has 0 bridgehead atoms. The summed E-state index contributed by atoms with van der Waals surface area (Å²) in [7, 11) is 0. The van der Waals surface area contributed by atoms with E-state index in [9.17, 15) is 19.8 Å². The van der Waals surface area contributed by atoms with E-state index in [1.807, 2.05) is 0 Å². The van der Waals surface area contributed by atoms with Crippen molar-refractivity contribution in [2.45, 2.75) is 277 Å². The van der Waals surface area contributed by atoms with Gasteiger partial charge in [-0.3, -0.25) is 9.59 Å². The number of amides is 1. The highest BCUT2D eigenvalue weighted by Gasteiger charge is 2.24. The van der Waals surface area contributed by atoms with E-state index in [0.717, 1.165) is 77.0 Å². The first kappa shape index (κ1) is 56.1. The minimum Gasteiger partial charge on any atom is -0.462 e. The van der Waals surface area contributed by atoms with Gasteiger partial charge in [-0.05, 0) is 57.8 Å². The van der Waals surface area contributed by atoms with Crippen molar-refractivity contribution in [1.82, 2.24) is 5.32 Å². The van der Waals surface area contributed by atoms with E-state index in [1.165, 1.54) is 135 Å². The zero-order valence-corrected chi connectivity index (χ0v) is 38.7. The Morgan fingerprint density at radius 1 is 0.517 bits per heavy atom. The molecule has 0 rings (SSSR count). The Labute approximate surface area is 360 Å². The third kappa shape index (κ3) is 40.8. The van der Waals surface area contributed by atoms with Crippen molar-refractivity contribution in [2.75, 3.05) is 6.61 Å². The molecule has 3 unspecified atom stereocenters. The first-order valence-electron chi connectivity index (χ1n) is 25.2. The molecule has 1 amide bonds. The van der Waals surface area contributed by atoms with Crippen LogP contribution in [0.4, 0.5) is 0 Å². The van der Waals surface area contributed by atoms with E-state index in [2.05, 4.69) is 62.5 Å². The largest absolute Gasteiger partial charge is 0.462 e. The standard InChI is InChI=1S/C52H97NO5/c1-4-7-10-13-16-19-22-25-27-30-33-36-39-42-45-52(57)58-48(43-40-37-34-31-28-24-21-18-15-12-9-6-3)46-51(56)53-49(47-54)50(55)44-41-38-35-32-29-26-23-20-17-14-11-8-5-2/h7,10,16,19,25,27,48-50,54-55H,4-6,8-9,11-15,17-18,20-24,26,28-47H2,1-3H3,(H,53,56)/b10-7+,19-16+,27-25+. The summed E-state index contributed by atoms with van der Waals surface area (Å²) in [6, 6.07) is -0.702. The number of hydrogen-bond donors (Lipinski definition) is 3. The number of rotatable bonds is 45. The molecule has 0 aromatic rings. The number of aliphatic hydroxyl groups excluding tert-OH is 2. The van der Waals surface area contributed by atoms with E-state index < -0.39 is 18.2 Å². The number of carbonyl (C=O) groups is 2. The maximum absolute atomic E-state index is 13.2. The van der Waals surface area contributed by atoms with Crippen LogP contribution in [0.25, 0.3) is 0 Å². The third-order valence-electron chi connectivity index (χ3n) is 11.5. The predicted molar refractivity (Wildman–Crippen MR) is 250 cm³/mol. The Morgan fingerprint density at radius 2 is 0.931 bits per heavy atom. The van der Waals surface area contributed by atoms with Crippen LogP contribution in [0.5, 0.6) is 0 Å². The van der Waals surface area contributed by atoms with Crippen LogP contribution < -0.4 is 5.32 Å². The van der Waals surface area contributed by atoms with Crippen LogP contribution in [0.1, 0.15) is 258 Å². The number of nitrogens with one attached hydrogen (secondary N) is 1. The van der Waals surface area contributed by atoms with Gasteiger partial charge in [0.2, 0.25) is 5.91 Å². The molecule has 0 heterocycles. The summed E-state index contributed by atoms with van der Waals surface area (Å²) in [4.78, 5) is 26.1. The lowest BCUT2D eigenvalue weighted by Crippen LogP contribution is -2.46. The number of aliphatic hydroxyl groups is 2. The molecule has 0 aliphatic rings. The topological polar surface area (TPSA) is 95.9 Å². The first-order valence-corrected chi connectivity index (χ1v) is 25.2. The van der Waals surface area contributed by atoms with Crippen molar-refractivity contribution < 1.29 is 24.5 Å². The molecular weight excluding hydrogens is 719 g/mol. The second kappa shape index (κ2) is 46.2. The monoisotopic (exact) mass is 816 g/mol. The van der Waals surface area contributed by atoms with Crippen LogP contribution >= 0.6 is 0 Å². The quantitative estimate of drug-likeness (QED) is 0.0323. The van der Waals surface area contributed by atoms with Crippen LogP contribution in [-0.4, -0.2) is 46.9 Å². The molecule has 0 saturated carbocycles. The fourth-order valence-corrected chi connectivity index (χ4v) is 7.68. The van der Waals surface area contributed by atoms with Crippen molar-refractivity contribution in [3.63, 3.8) is 0 Å². The Bertz CT molecular complexity index is 961. The van der Waals surface area contributed by atoms with Crippen LogP contribution in [-0.2, 0) is 14.3 Å². The van der Waals surface area contributed by atoms with Crippen molar-refractivity contribution in [3.8, 4) is 0 Å². The molecule has 58 heavy (non-hydrogen) atoms. The molecule has 0 fully saturated rings. The zero-order valence-electron chi connectivity index (χ0n) is 38.7. The van der Waals surface area contributed by atoms with Gasteiger partial charge in [-0.1, -0.05) is 224 Å². The SMILES string of the molecule is CC/C=C/C/C=C/C/C=C/CCCCCCC(=O)OC(CCCCCCCCCCCCCC)CC(=O)NC(CO)C(O)CCCCCCCCCCCCCCC. The van der Waals surface area contributed by atoms with E-state index in [1.54, 1.807) is 0 Å². The van der Waals surface area contributed by atoms with Crippen molar-refractivity contribution in [3.05, 3.63) is 36.5 Å². The van der Waals surface area contributed by atoms with E-state index in [4.69, 9.17) is 4.74 Å². The summed E-state index contributed by atoms with van der Waals surface area (Å²) in [6.07, 6.45) is 53.4. The molecule has 3 N–H and O–H groups in total. The van der Waals surface area contributed by atoms with E-state index >= 15 is 0 Å². The second-order valence-electron chi connectivity index (χ2n) is 17.2. The van der Waals surface area contributed by atoms with Gasteiger partial charge in [-0.2, -0.15) is 0 Å². The number of unbranched alkanes of at least 4 members (excludes halogenated alkanes) is 27. The van der Waals surface area contributed by atoms with Crippen molar-refractivity contribution in [2.24, 2.45) is 0 Å². The number of allylic oxidation sites excluding steroid dienone is 6. The van der Waals surface area contributed by atoms with Crippen molar-refractivity contribution in [1.29, 1.82) is 0 Å². The van der Waals surface area contributed by atoms with E-state index in [0.29, 0.717) is 19.3 Å². The number of ether oxygens (including phenoxy) is 1. The van der Waals surface area contributed by atoms with Gasteiger partial charge in [-0.15, -0.1) is 0 Å². The highest BCUT2D eigenvalue weighted by atomic mass is 16.5. The molecule has 6 heteroatoms. The number of hydrogen-bond acceptors (Lipinski definition) is 5.